The fourth-order valence-electron chi connectivity index (χ4n) is 2.58. The van der Waals surface area contributed by atoms with E-state index in [1.165, 1.54) is 18.3 Å². The molecule has 1 heterocycles. The molecule has 1 amide bonds. The number of carbonyl (C=O) groups excluding carboxylic acids is 2. The molecule has 2 aromatic carbocycles. The van der Waals surface area contributed by atoms with Gasteiger partial charge in [-0.2, -0.15) is 0 Å². The first-order chi connectivity index (χ1) is 13.0. The number of hydrogen-bond acceptors (Lipinski definition) is 3. The summed E-state index contributed by atoms with van der Waals surface area (Å²) in [7, 11) is 0. The molecule has 136 valence electrons. The first-order valence-electron chi connectivity index (χ1n) is 8.27. The molecule has 0 atom stereocenters. The number of benzene rings is 2. The second-order valence-electron chi connectivity index (χ2n) is 5.96. The van der Waals surface area contributed by atoms with Crippen LogP contribution in [0.25, 0.3) is 0 Å². The number of ketones is 1. The molecule has 6 heteroatoms. The molecule has 0 aliphatic carbocycles. The molecule has 0 radical (unpaired) electrons. The standard InChI is InChI=1S/C21H16F2N2O2/c22-17-8-16(9-18(23)11-17)20(26)12-19-10-15(6-7-24-19)21(27)25-13-14-4-2-1-3-5-14/h1-11H,12-13H2,(H,25,27). The van der Waals surface area contributed by atoms with Crippen LogP contribution in [0.2, 0.25) is 0 Å². The Balaban J connectivity index is 1.67. The van der Waals surface area contributed by atoms with Gasteiger partial charge in [0.2, 0.25) is 0 Å². The molecule has 3 aromatic rings. The Morgan fingerprint density at radius 1 is 0.889 bits per heavy atom. The smallest absolute Gasteiger partial charge is 0.251 e. The third-order valence-electron chi connectivity index (χ3n) is 3.90. The lowest BCUT2D eigenvalue weighted by atomic mass is 10.0. The van der Waals surface area contributed by atoms with E-state index in [0.717, 1.165) is 17.7 Å². The van der Waals surface area contributed by atoms with Gasteiger partial charge in [-0.25, -0.2) is 8.78 Å². The number of nitrogens with zero attached hydrogens (tertiary/aromatic N) is 1. The predicted octanol–water partition coefficient (Wildman–Crippen LogP) is 3.72. The number of Topliss-reactive ketones (excluding diaryl/α,β-unsaturated/α-hetero) is 1. The van der Waals surface area contributed by atoms with Crippen molar-refractivity contribution in [3.05, 3.63) is 101 Å². The number of rotatable bonds is 6. The lowest BCUT2D eigenvalue weighted by molar-refractivity contribution is 0.0947. The molecule has 0 fully saturated rings. The normalized spacial score (nSPS) is 10.4. The minimum atomic E-state index is -0.819. The van der Waals surface area contributed by atoms with Crippen LogP contribution in [0.4, 0.5) is 8.78 Å². The summed E-state index contributed by atoms with van der Waals surface area (Å²) >= 11 is 0. The Kier molecular flexibility index (Phi) is 5.66. The van der Waals surface area contributed by atoms with Gasteiger partial charge in [0.25, 0.3) is 5.91 Å². The SMILES string of the molecule is O=C(Cc1cc(C(=O)NCc2ccccc2)ccn1)c1cc(F)cc(F)c1. The van der Waals surface area contributed by atoms with Crippen LogP contribution in [0.3, 0.4) is 0 Å². The minimum Gasteiger partial charge on any atom is -0.348 e. The molecule has 0 saturated heterocycles. The van der Waals surface area contributed by atoms with Gasteiger partial charge in [-0.15, -0.1) is 0 Å². The number of aromatic nitrogens is 1. The molecule has 0 unspecified atom stereocenters. The van der Waals surface area contributed by atoms with Crippen molar-refractivity contribution in [2.24, 2.45) is 0 Å². The van der Waals surface area contributed by atoms with Crippen LogP contribution >= 0.6 is 0 Å². The van der Waals surface area contributed by atoms with E-state index in [0.29, 0.717) is 23.9 Å². The molecule has 27 heavy (non-hydrogen) atoms. The Labute approximate surface area is 154 Å². The van der Waals surface area contributed by atoms with Crippen molar-refractivity contribution >= 4 is 11.7 Å². The van der Waals surface area contributed by atoms with E-state index in [4.69, 9.17) is 0 Å². The maximum absolute atomic E-state index is 13.3. The number of carbonyl (C=O) groups is 2. The van der Waals surface area contributed by atoms with Gasteiger partial charge >= 0.3 is 0 Å². The largest absolute Gasteiger partial charge is 0.348 e. The van der Waals surface area contributed by atoms with Crippen LogP contribution in [0.5, 0.6) is 0 Å². The maximum atomic E-state index is 13.3. The lowest BCUT2D eigenvalue weighted by Gasteiger charge is -2.07. The second kappa shape index (κ2) is 8.31. The van der Waals surface area contributed by atoms with Gasteiger partial charge in [-0.3, -0.25) is 14.6 Å². The summed E-state index contributed by atoms with van der Waals surface area (Å²) in [5.41, 5.74) is 1.59. The van der Waals surface area contributed by atoms with Crippen LogP contribution < -0.4 is 5.32 Å². The van der Waals surface area contributed by atoms with Crippen molar-refractivity contribution in [2.75, 3.05) is 0 Å². The molecular formula is C21H16F2N2O2. The average molecular weight is 366 g/mol. The minimum absolute atomic E-state index is 0.0757. The molecule has 0 saturated carbocycles. The van der Waals surface area contributed by atoms with Crippen LogP contribution in [0.1, 0.15) is 32.0 Å². The van der Waals surface area contributed by atoms with Gasteiger partial charge in [0.05, 0.1) is 6.42 Å². The monoisotopic (exact) mass is 366 g/mol. The highest BCUT2D eigenvalue weighted by atomic mass is 19.1. The number of amides is 1. The van der Waals surface area contributed by atoms with Gasteiger partial charge in [-0.05, 0) is 29.8 Å². The zero-order valence-corrected chi connectivity index (χ0v) is 14.3. The molecule has 0 bridgehead atoms. The van der Waals surface area contributed by atoms with Crippen molar-refractivity contribution in [3.8, 4) is 0 Å². The summed E-state index contributed by atoms with van der Waals surface area (Å²) in [6.45, 7) is 0.374. The first kappa shape index (κ1) is 18.4. The van der Waals surface area contributed by atoms with E-state index in [1.807, 2.05) is 30.3 Å². The van der Waals surface area contributed by atoms with Crippen LogP contribution in [-0.2, 0) is 13.0 Å². The van der Waals surface area contributed by atoms with E-state index >= 15 is 0 Å². The molecule has 0 aliphatic rings. The number of halogens is 2. The van der Waals surface area contributed by atoms with E-state index in [9.17, 15) is 18.4 Å². The molecule has 0 aliphatic heterocycles. The van der Waals surface area contributed by atoms with Crippen molar-refractivity contribution in [1.29, 1.82) is 0 Å². The first-order valence-corrected chi connectivity index (χ1v) is 8.27. The van der Waals surface area contributed by atoms with E-state index < -0.39 is 17.4 Å². The number of pyridine rings is 1. The fraction of sp³-hybridized carbons (Fsp3) is 0.0952. The van der Waals surface area contributed by atoms with Gasteiger partial charge < -0.3 is 5.32 Å². The number of hydrogen-bond donors (Lipinski definition) is 1. The Morgan fingerprint density at radius 3 is 2.30 bits per heavy atom. The van der Waals surface area contributed by atoms with E-state index in [-0.39, 0.29) is 17.9 Å². The zero-order valence-electron chi connectivity index (χ0n) is 14.3. The highest BCUT2D eigenvalue weighted by Gasteiger charge is 2.13. The highest BCUT2D eigenvalue weighted by molar-refractivity contribution is 5.98. The fourth-order valence-corrected chi connectivity index (χ4v) is 2.58. The van der Waals surface area contributed by atoms with Crippen molar-refractivity contribution in [1.82, 2.24) is 10.3 Å². The zero-order chi connectivity index (χ0) is 19.2. The Morgan fingerprint density at radius 2 is 1.59 bits per heavy atom. The Hall–Kier alpha value is -3.41. The van der Waals surface area contributed by atoms with Gasteiger partial charge in [0.1, 0.15) is 11.6 Å². The topological polar surface area (TPSA) is 59.1 Å². The van der Waals surface area contributed by atoms with E-state index in [2.05, 4.69) is 10.3 Å². The summed E-state index contributed by atoms with van der Waals surface area (Å²) in [4.78, 5) is 28.6. The summed E-state index contributed by atoms with van der Waals surface area (Å²) in [6.07, 6.45) is 1.26. The van der Waals surface area contributed by atoms with E-state index in [1.54, 1.807) is 0 Å². The molecule has 3 rings (SSSR count). The highest BCUT2D eigenvalue weighted by Crippen LogP contribution is 2.12. The number of nitrogens with one attached hydrogen (secondary N) is 1. The summed E-state index contributed by atoms with van der Waals surface area (Å²) < 4.78 is 26.5. The van der Waals surface area contributed by atoms with Gasteiger partial charge in [0, 0.05) is 35.6 Å². The third kappa shape index (κ3) is 5.04. The quantitative estimate of drug-likeness (QED) is 0.677. The molecular weight excluding hydrogens is 350 g/mol. The maximum Gasteiger partial charge on any atom is 0.251 e. The second-order valence-corrected chi connectivity index (χ2v) is 5.96. The molecule has 0 spiro atoms. The predicted molar refractivity (Wildman–Crippen MR) is 96.2 cm³/mol. The summed E-state index contributed by atoms with van der Waals surface area (Å²) in [6, 6.07) is 15.1. The van der Waals surface area contributed by atoms with Crippen molar-refractivity contribution in [2.45, 2.75) is 13.0 Å². The van der Waals surface area contributed by atoms with Crippen LogP contribution in [-0.4, -0.2) is 16.7 Å². The summed E-state index contributed by atoms with van der Waals surface area (Å²) in [5.74, 6) is -2.42. The van der Waals surface area contributed by atoms with Gasteiger partial charge in [-0.1, -0.05) is 30.3 Å². The summed E-state index contributed by atoms with van der Waals surface area (Å²) in [5, 5.41) is 2.79. The van der Waals surface area contributed by atoms with Crippen LogP contribution in [0, 0.1) is 11.6 Å². The third-order valence-corrected chi connectivity index (χ3v) is 3.90. The molecule has 1 aromatic heterocycles. The Bertz CT molecular complexity index is 955. The van der Waals surface area contributed by atoms with Gasteiger partial charge in [0.15, 0.2) is 5.78 Å². The van der Waals surface area contributed by atoms with Crippen molar-refractivity contribution in [3.63, 3.8) is 0 Å². The lowest BCUT2D eigenvalue weighted by Crippen LogP contribution is -2.23. The van der Waals surface area contributed by atoms with Crippen molar-refractivity contribution < 1.29 is 18.4 Å². The molecule has 1 N–H and O–H groups in total. The average Bonchev–Trinajstić information content (AvgIpc) is 2.66. The van der Waals surface area contributed by atoms with Crippen LogP contribution in [0.15, 0.2) is 66.9 Å². The molecule has 4 nitrogen and oxygen atoms in total.